The summed E-state index contributed by atoms with van der Waals surface area (Å²) in [5.74, 6) is 0.696. The predicted molar refractivity (Wildman–Crippen MR) is 75.4 cm³/mol. The third kappa shape index (κ3) is 3.36. The number of aryl methyl sites for hydroxylation is 1. The van der Waals surface area contributed by atoms with Crippen LogP contribution >= 0.6 is 12.2 Å². The number of anilines is 1. The maximum atomic E-state index is 5.76. The molecule has 1 heterocycles. The van der Waals surface area contributed by atoms with Gasteiger partial charge in [0, 0.05) is 6.04 Å². The minimum atomic E-state index is 0.338. The highest BCUT2D eigenvalue weighted by Gasteiger charge is 2.14. The number of nitrogens with two attached hydrogens (primary N) is 1. The first-order chi connectivity index (χ1) is 7.97. The van der Waals surface area contributed by atoms with Crippen LogP contribution in [0.3, 0.4) is 0 Å². The number of thiocarbonyl (C=S) groups is 1. The maximum absolute atomic E-state index is 5.76. The first kappa shape index (κ1) is 13.8. The van der Waals surface area contributed by atoms with Gasteiger partial charge in [0.2, 0.25) is 0 Å². The van der Waals surface area contributed by atoms with Gasteiger partial charge in [-0.05, 0) is 32.8 Å². The molecule has 3 N–H and O–H groups in total. The molecule has 0 aliphatic carbocycles. The van der Waals surface area contributed by atoms with E-state index in [0.717, 1.165) is 29.7 Å². The number of nitrogens with one attached hydrogen (secondary N) is 1. The molecule has 1 unspecified atom stereocenters. The Kier molecular flexibility index (Phi) is 4.81. The Labute approximate surface area is 108 Å². The van der Waals surface area contributed by atoms with Crippen LogP contribution in [0.2, 0.25) is 0 Å². The topological polar surface area (TPSA) is 63.8 Å². The molecule has 0 saturated heterocycles. The summed E-state index contributed by atoms with van der Waals surface area (Å²) in [6, 6.07) is 0.338. The van der Waals surface area contributed by atoms with Gasteiger partial charge in [-0.3, -0.25) is 0 Å². The van der Waals surface area contributed by atoms with Gasteiger partial charge in [-0.2, -0.15) is 5.10 Å². The largest absolute Gasteiger partial charge is 0.389 e. The molecule has 1 rings (SSSR count). The second-order valence-corrected chi connectivity index (χ2v) is 4.77. The van der Waals surface area contributed by atoms with Crippen LogP contribution in [-0.2, 0) is 0 Å². The molecule has 0 aliphatic rings. The molecule has 17 heavy (non-hydrogen) atoms. The van der Waals surface area contributed by atoms with E-state index in [1.807, 2.05) is 13.8 Å². The van der Waals surface area contributed by atoms with E-state index >= 15 is 0 Å². The van der Waals surface area contributed by atoms with Crippen LogP contribution in [0, 0.1) is 13.8 Å². The first-order valence-corrected chi connectivity index (χ1v) is 6.28. The van der Waals surface area contributed by atoms with E-state index in [-0.39, 0.29) is 0 Å². The van der Waals surface area contributed by atoms with Crippen LogP contribution < -0.4 is 11.1 Å². The standard InChI is InChI=1S/C12H20N4S/c1-5-6-7(2)14-12-10(11(13)17)8(3)9(4)15-16-12/h7H,5-6H2,1-4H3,(H2,13,17)(H,14,16). The van der Waals surface area contributed by atoms with Gasteiger partial charge < -0.3 is 11.1 Å². The summed E-state index contributed by atoms with van der Waals surface area (Å²) in [6.45, 7) is 8.14. The molecule has 0 bridgehead atoms. The lowest BCUT2D eigenvalue weighted by atomic mass is 10.1. The third-order valence-electron chi connectivity index (χ3n) is 2.81. The fraction of sp³-hybridized carbons (Fsp3) is 0.583. The fourth-order valence-corrected chi connectivity index (χ4v) is 2.00. The highest BCUT2D eigenvalue weighted by atomic mass is 32.1. The molecule has 4 nitrogen and oxygen atoms in total. The highest BCUT2D eigenvalue weighted by molar-refractivity contribution is 7.80. The molecule has 0 spiro atoms. The molecule has 1 atom stereocenters. The molecular weight excluding hydrogens is 232 g/mol. The van der Waals surface area contributed by atoms with Gasteiger partial charge in [-0.25, -0.2) is 0 Å². The zero-order valence-corrected chi connectivity index (χ0v) is 11.7. The van der Waals surface area contributed by atoms with Gasteiger partial charge in [-0.15, -0.1) is 5.10 Å². The van der Waals surface area contributed by atoms with E-state index in [2.05, 4.69) is 29.4 Å². The van der Waals surface area contributed by atoms with Crippen LogP contribution in [-0.4, -0.2) is 21.2 Å². The molecular formula is C12H20N4S. The summed E-state index contributed by atoms with van der Waals surface area (Å²) in [5, 5.41) is 11.6. The summed E-state index contributed by atoms with van der Waals surface area (Å²) in [6.07, 6.45) is 2.19. The van der Waals surface area contributed by atoms with Crippen LogP contribution in [0.4, 0.5) is 5.82 Å². The van der Waals surface area contributed by atoms with Crippen molar-refractivity contribution in [2.45, 2.75) is 46.6 Å². The van der Waals surface area contributed by atoms with E-state index in [9.17, 15) is 0 Å². The minimum Gasteiger partial charge on any atom is -0.389 e. The Morgan fingerprint density at radius 3 is 2.59 bits per heavy atom. The summed E-state index contributed by atoms with van der Waals surface area (Å²) < 4.78 is 0. The summed E-state index contributed by atoms with van der Waals surface area (Å²) in [4.78, 5) is 0.367. The quantitative estimate of drug-likeness (QED) is 0.787. The van der Waals surface area contributed by atoms with E-state index in [4.69, 9.17) is 18.0 Å². The van der Waals surface area contributed by atoms with Crippen molar-refractivity contribution in [3.8, 4) is 0 Å². The second kappa shape index (κ2) is 5.91. The Balaban J connectivity index is 3.07. The third-order valence-corrected chi connectivity index (χ3v) is 3.01. The molecule has 1 aromatic rings. The molecule has 0 saturated carbocycles. The Hall–Kier alpha value is -1.23. The lowest BCUT2D eigenvalue weighted by Gasteiger charge is -2.17. The number of hydrogen-bond acceptors (Lipinski definition) is 4. The zero-order chi connectivity index (χ0) is 13.0. The van der Waals surface area contributed by atoms with Gasteiger partial charge in [-0.1, -0.05) is 25.6 Å². The average molecular weight is 252 g/mol. The first-order valence-electron chi connectivity index (χ1n) is 5.87. The normalized spacial score (nSPS) is 12.2. The van der Waals surface area contributed by atoms with E-state index in [1.165, 1.54) is 0 Å². The van der Waals surface area contributed by atoms with Gasteiger partial charge >= 0.3 is 0 Å². The van der Waals surface area contributed by atoms with Gasteiger partial charge in [0.05, 0.1) is 11.3 Å². The molecule has 0 amide bonds. The van der Waals surface area contributed by atoms with Gasteiger partial charge in [0.1, 0.15) is 4.99 Å². The zero-order valence-electron chi connectivity index (χ0n) is 10.9. The van der Waals surface area contributed by atoms with E-state index < -0.39 is 0 Å². The van der Waals surface area contributed by atoms with Crippen molar-refractivity contribution in [3.63, 3.8) is 0 Å². The van der Waals surface area contributed by atoms with Crippen LogP contribution in [0.5, 0.6) is 0 Å². The number of nitrogens with zero attached hydrogens (tertiary/aromatic N) is 2. The van der Waals surface area contributed by atoms with Crippen LogP contribution in [0.1, 0.15) is 43.5 Å². The molecule has 0 aromatic carbocycles. The summed E-state index contributed by atoms with van der Waals surface area (Å²) in [7, 11) is 0. The van der Waals surface area contributed by atoms with Crippen molar-refractivity contribution in [1.29, 1.82) is 0 Å². The molecule has 1 aromatic heterocycles. The SMILES string of the molecule is CCCC(C)Nc1nnc(C)c(C)c1C(N)=S. The Morgan fingerprint density at radius 2 is 2.06 bits per heavy atom. The predicted octanol–water partition coefficient (Wildman–Crippen LogP) is 2.33. The number of hydrogen-bond donors (Lipinski definition) is 2. The van der Waals surface area contributed by atoms with Crippen molar-refractivity contribution < 1.29 is 0 Å². The van der Waals surface area contributed by atoms with E-state index in [0.29, 0.717) is 16.8 Å². The highest BCUT2D eigenvalue weighted by Crippen LogP contribution is 2.19. The molecule has 0 fully saturated rings. The number of aromatic nitrogens is 2. The Morgan fingerprint density at radius 1 is 1.41 bits per heavy atom. The van der Waals surface area contributed by atoms with E-state index in [1.54, 1.807) is 0 Å². The van der Waals surface area contributed by atoms with Crippen molar-refractivity contribution >= 4 is 23.0 Å². The smallest absolute Gasteiger partial charge is 0.159 e. The van der Waals surface area contributed by atoms with Crippen LogP contribution in [0.15, 0.2) is 0 Å². The van der Waals surface area contributed by atoms with Gasteiger partial charge in [0.25, 0.3) is 0 Å². The second-order valence-electron chi connectivity index (χ2n) is 4.33. The lowest BCUT2D eigenvalue weighted by Crippen LogP contribution is -2.22. The van der Waals surface area contributed by atoms with Gasteiger partial charge in [0.15, 0.2) is 5.82 Å². The van der Waals surface area contributed by atoms with Crippen LogP contribution in [0.25, 0.3) is 0 Å². The molecule has 5 heteroatoms. The lowest BCUT2D eigenvalue weighted by molar-refractivity contribution is 0.684. The van der Waals surface area contributed by atoms with Crippen molar-refractivity contribution in [2.75, 3.05) is 5.32 Å². The molecule has 94 valence electrons. The summed E-state index contributed by atoms with van der Waals surface area (Å²) >= 11 is 5.08. The molecule has 0 radical (unpaired) electrons. The van der Waals surface area contributed by atoms with Crippen molar-refractivity contribution in [1.82, 2.24) is 10.2 Å². The van der Waals surface area contributed by atoms with Crippen molar-refractivity contribution in [2.24, 2.45) is 5.73 Å². The van der Waals surface area contributed by atoms with Crippen molar-refractivity contribution in [3.05, 3.63) is 16.8 Å². The monoisotopic (exact) mass is 252 g/mol. The molecule has 0 aliphatic heterocycles. The number of rotatable bonds is 5. The Bertz CT molecular complexity index is 417. The maximum Gasteiger partial charge on any atom is 0.159 e. The fourth-order valence-electron chi connectivity index (χ4n) is 1.75. The summed E-state index contributed by atoms with van der Waals surface area (Å²) in [5.41, 5.74) is 8.43. The minimum absolute atomic E-state index is 0.338. The average Bonchev–Trinajstić information content (AvgIpc) is 2.23.